The van der Waals surface area contributed by atoms with Gasteiger partial charge in [-0.1, -0.05) is 39.0 Å². The van der Waals surface area contributed by atoms with Crippen LogP contribution in [0.5, 0.6) is 0 Å². The van der Waals surface area contributed by atoms with Crippen molar-refractivity contribution in [3.63, 3.8) is 0 Å². The molecule has 0 amide bonds. The summed E-state index contributed by atoms with van der Waals surface area (Å²) in [5.41, 5.74) is 7.06. The van der Waals surface area contributed by atoms with Gasteiger partial charge in [0.25, 0.3) is 5.69 Å². The van der Waals surface area contributed by atoms with Gasteiger partial charge in [-0.3, -0.25) is 10.1 Å². The third-order valence-electron chi connectivity index (χ3n) is 2.54. The lowest BCUT2D eigenvalue weighted by Crippen LogP contribution is -2.28. The molecular weight excluding hydrogens is 216 g/mol. The van der Waals surface area contributed by atoms with E-state index in [2.05, 4.69) is 20.8 Å². The molecule has 1 aromatic rings. The molecule has 0 spiro atoms. The molecule has 1 atom stereocenters. The summed E-state index contributed by atoms with van der Waals surface area (Å²) in [5, 5.41) is 10.9. The second-order valence-electron chi connectivity index (χ2n) is 5.61. The van der Waals surface area contributed by atoms with Crippen molar-refractivity contribution in [1.82, 2.24) is 0 Å². The van der Waals surface area contributed by atoms with Crippen LogP contribution in [-0.4, -0.2) is 11.0 Å². The Labute approximate surface area is 102 Å². The van der Waals surface area contributed by atoms with E-state index in [-0.39, 0.29) is 22.1 Å². The Balaban J connectivity index is 2.78. The molecule has 1 unspecified atom stereocenters. The van der Waals surface area contributed by atoms with Crippen molar-refractivity contribution in [1.29, 1.82) is 0 Å². The Kier molecular flexibility index (Phi) is 4.23. The van der Waals surface area contributed by atoms with E-state index >= 15 is 0 Å². The molecule has 0 radical (unpaired) electrons. The van der Waals surface area contributed by atoms with Gasteiger partial charge in [-0.2, -0.15) is 0 Å². The van der Waals surface area contributed by atoms with Crippen molar-refractivity contribution < 1.29 is 4.92 Å². The summed E-state index contributed by atoms with van der Waals surface area (Å²) in [4.78, 5) is 10.5. The van der Waals surface area contributed by atoms with Crippen LogP contribution in [0.25, 0.3) is 0 Å². The van der Waals surface area contributed by atoms with Gasteiger partial charge in [0.15, 0.2) is 0 Å². The fraction of sp³-hybridized carbons (Fsp3) is 0.538. The number of rotatable bonds is 4. The molecule has 0 saturated carbocycles. The maximum atomic E-state index is 10.9. The highest BCUT2D eigenvalue weighted by Crippen LogP contribution is 2.24. The SMILES string of the molecule is CC(C)(C)CC(N)Cc1ccccc1[N+](=O)[O-]. The number of hydrogen-bond acceptors (Lipinski definition) is 3. The standard InChI is InChI=1S/C13H20N2O2/c1-13(2,3)9-11(14)8-10-6-4-5-7-12(10)15(16)17/h4-7,11H,8-9,14H2,1-3H3. The summed E-state index contributed by atoms with van der Waals surface area (Å²) in [7, 11) is 0. The first kappa shape index (κ1) is 13.6. The van der Waals surface area contributed by atoms with E-state index in [0.29, 0.717) is 12.0 Å². The molecule has 4 heteroatoms. The second kappa shape index (κ2) is 5.27. The molecule has 0 aliphatic rings. The molecule has 1 rings (SSSR count). The van der Waals surface area contributed by atoms with Gasteiger partial charge < -0.3 is 5.73 Å². The first-order valence-electron chi connectivity index (χ1n) is 5.77. The topological polar surface area (TPSA) is 69.2 Å². The number of nitrogens with zero attached hydrogens (tertiary/aromatic N) is 1. The number of benzene rings is 1. The van der Waals surface area contributed by atoms with Crippen molar-refractivity contribution in [3.8, 4) is 0 Å². The van der Waals surface area contributed by atoms with Crippen molar-refractivity contribution in [3.05, 3.63) is 39.9 Å². The van der Waals surface area contributed by atoms with Gasteiger partial charge in [0.1, 0.15) is 0 Å². The molecule has 0 bridgehead atoms. The molecule has 0 aromatic heterocycles. The summed E-state index contributed by atoms with van der Waals surface area (Å²) in [6, 6.07) is 6.75. The van der Waals surface area contributed by atoms with E-state index in [1.807, 2.05) is 6.07 Å². The first-order valence-corrected chi connectivity index (χ1v) is 5.77. The number of nitro benzene ring substituents is 1. The molecule has 1 aromatic carbocycles. The lowest BCUT2D eigenvalue weighted by molar-refractivity contribution is -0.385. The summed E-state index contributed by atoms with van der Waals surface area (Å²) < 4.78 is 0. The second-order valence-corrected chi connectivity index (χ2v) is 5.61. The molecule has 0 fully saturated rings. The monoisotopic (exact) mass is 236 g/mol. The Hall–Kier alpha value is -1.42. The van der Waals surface area contributed by atoms with Crippen LogP contribution in [-0.2, 0) is 6.42 Å². The zero-order valence-corrected chi connectivity index (χ0v) is 10.6. The molecule has 0 aliphatic heterocycles. The quantitative estimate of drug-likeness (QED) is 0.645. The predicted octanol–water partition coefficient (Wildman–Crippen LogP) is 2.90. The minimum Gasteiger partial charge on any atom is -0.327 e. The minimum atomic E-state index is -0.348. The number of nitrogens with two attached hydrogens (primary N) is 1. The Morgan fingerprint density at radius 1 is 1.35 bits per heavy atom. The third-order valence-corrected chi connectivity index (χ3v) is 2.54. The summed E-state index contributed by atoms with van der Waals surface area (Å²) in [6.45, 7) is 6.35. The zero-order valence-electron chi connectivity index (χ0n) is 10.6. The van der Waals surface area contributed by atoms with Gasteiger partial charge in [-0.05, 0) is 18.3 Å². The predicted molar refractivity (Wildman–Crippen MR) is 68.8 cm³/mol. The highest BCUT2D eigenvalue weighted by molar-refractivity contribution is 5.40. The largest absolute Gasteiger partial charge is 0.327 e. The minimum absolute atomic E-state index is 0.0453. The summed E-state index contributed by atoms with van der Waals surface area (Å²) in [6.07, 6.45) is 1.40. The van der Waals surface area contributed by atoms with Crippen LogP contribution < -0.4 is 5.73 Å². The van der Waals surface area contributed by atoms with E-state index in [0.717, 1.165) is 6.42 Å². The molecule has 2 N–H and O–H groups in total. The number of hydrogen-bond donors (Lipinski definition) is 1. The Bertz CT molecular complexity index is 397. The fourth-order valence-corrected chi connectivity index (χ4v) is 2.00. The van der Waals surface area contributed by atoms with Crippen LogP contribution in [0.3, 0.4) is 0 Å². The van der Waals surface area contributed by atoms with Gasteiger partial charge in [0.2, 0.25) is 0 Å². The van der Waals surface area contributed by atoms with Gasteiger partial charge >= 0.3 is 0 Å². The average molecular weight is 236 g/mol. The first-order chi connectivity index (χ1) is 7.79. The Morgan fingerprint density at radius 2 is 1.94 bits per heavy atom. The van der Waals surface area contributed by atoms with E-state index < -0.39 is 0 Å². The van der Waals surface area contributed by atoms with Gasteiger partial charge in [-0.25, -0.2) is 0 Å². The van der Waals surface area contributed by atoms with Gasteiger partial charge in [0.05, 0.1) is 4.92 Å². The Morgan fingerprint density at radius 3 is 2.47 bits per heavy atom. The normalized spacial score (nSPS) is 13.4. The average Bonchev–Trinajstić information content (AvgIpc) is 2.14. The lowest BCUT2D eigenvalue weighted by atomic mass is 9.86. The molecular formula is C13H20N2O2. The zero-order chi connectivity index (χ0) is 13.1. The van der Waals surface area contributed by atoms with E-state index in [9.17, 15) is 10.1 Å². The van der Waals surface area contributed by atoms with Crippen LogP contribution >= 0.6 is 0 Å². The number of para-hydroxylation sites is 1. The molecule has 94 valence electrons. The smallest absolute Gasteiger partial charge is 0.272 e. The van der Waals surface area contributed by atoms with Crippen LogP contribution in [0, 0.1) is 15.5 Å². The van der Waals surface area contributed by atoms with Gasteiger partial charge in [0, 0.05) is 17.7 Å². The third kappa shape index (κ3) is 4.53. The fourth-order valence-electron chi connectivity index (χ4n) is 2.00. The van der Waals surface area contributed by atoms with Crippen LogP contribution in [0.15, 0.2) is 24.3 Å². The summed E-state index contributed by atoms with van der Waals surface area (Å²) in [5.74, 6) is 0. The molecule has 17 heavy (non-hydrogen) atoms. The maximum absolute atomic E-state index is 10.9. The van der Waals surface area contributed by atoms with Crippen molar-refractivity contribution >= 4 is 5.69 Å². The van der Waals surface area contributed by atoms with Crippen LogP contribution in [0.1, 0.15) is 32.8 Å². The summed E-state index contributed by atoms with van der Waals surface area (Å²) >= 11 is 0. The number of nitro groups is 1. The molecule has 0 aliphatic carbocycles. The molecule has 0 saturated heterocycles. The molecule has 0 heterocycles. The van der Waals surface area contributed by atoms with E-state index in [4.69, 9.17) is 5.73 Å². The van der Waals surface area contributed by atoms with Crippen molar-refractivity contribution in [2.45, 2.75) is 39.7 Å². The lowest BCUT2D eigenvalue weighted by Gasteiger charge is -2.23. The van der Waals surface area contributed by atoms with Gasteiger partial charge in [-0.15, -0.1) is 0 Å². The van der Waals surface area contributed by atoms with Crippen molar-refractivity contribution in [2.24, 2.45) is 11.1 Å². The van der Waals surface area contributed by atoms with Crippen LogP contribution in [0.4, 0.5) is 5.69 Å². The maximum Gasteiger partial charge on any atom is 0.272 e. The highest BCUT2D eigenvalue weighted by Gasteiger charge is 2.19. The van der Waals surface area contributed by atoms with Crippen LogP contribution in [0.2, 0.25) is 0 Å². The van der Waals surface area contributed by atoms with Crippen molar-refractivity contribution in [2.75, 3.05) is 0 Å². The molecule has 4 nitrogen and oxygen atoms in total. The van der Waals surface area contributed by atoms with E-state index in [1.54, 1.807) is 12.1 Å². The highest BCUT2D eigenvalue weighted by atomic mass is 16.6. The van der Waals surface area contributed by atoms with E-state index in [1.165, 1.54) is 6.07 Å².